The third-order valence-electron chi connectivity index (χ3n) is 2.32. The van der Waals surface area contributed by atoms with Gasteiger partial charge in [0.1, 0.15) is 0 Å². The van der Waals surface area contributed by atoms with Crippen molar-refractivity contribution in [3.05, 3.63) is 32.9 Å². The minimum atomic E-state index is 0.964. The summed E-state index contributed by atoms with van der Waals surface area (Å²) in [5, 5.41) is 6.73. The van der Waals surface area contributed by atoms with E-state index in [0.717, 1.165) is 26.2 Å². The number of benzene rings is 1. The van der Waals surface area contributed by atoms with Gasteiger partial charge in [0, 0.05) is 23.2 Å². The smallest absolute Gasteiger partial charge is 0.0216 e. The van der Waals surface area contributed by atoms with E-state index in [1.807, 2.05) is 0 Å². The van der Waals surface area contributed by atoms with E-state index in [0.29, 0.717) is 0 Å². The Bertz CT molecular complexity index is 300. The number of hydrogen-bond acceptors (Lipinski definition) is 2. The molecule has 84 valence electrons. The monoisotopic (exact) mass is 318 g/mol. The Morgan fingerprint density at radius 2 is 1.93 bits per heavy atom. The van der Waals surface area contributed by atoms with E-state index in [2.05, 4.69) is 65.3 Å². The lowest BCUT2D eigenvalue weighted by atomic mass is 10.1. The highest BCUT2D eigenvalue weighted by molar-refractivity contribution is 14.1. The molecule has 0 fully saturated rings. The number of halogens is 1. The van der Waals surface area contributed by atoms with Crippen molar-refractivity contribution in [2.45, 2.75) is 20.4 Å². The summed E-state index contributed by atoms with van der Waals surface area (Å²) < 4.78 is 1.38. The van der Waals surface area contributed by atoms with Gasteiger partial charge in [-0.3, -0.25) is 0 Å². The van der Waals surface area contributed by atoms with Crippen molar-refractivity contribution in [3.8, 4) is 0 Å². The zero-order valence-corrected chi connectivity index (χ0v) is 11.6. The first-order valence-electron chi connectivity index (χ1n) is 5.41. The summed E-state index contributed by atoms with van der Waals surface area (Å²) in [6, 6.07) is 6.47. The van der Waals surface area contributed by atoms with Crippen LogP contribution in [0.3, 0.4) is 0 Å². The molecule has 0 bridgehead atoms. The van der Waals surface area contributed by atoms with E-state index in [-0.39, 0.29) is 0 Å². The van der Waals surface area contributed by atoms with Crippen LogP contribution in [0.25, 0.3) is 0 Å². The lowest BCUT2D eigenvalue weighted by Gasteiger charge is -2.08. The Morgan fingerprint density at radius 3 is 2.67 bits per heavy atom. The minimum Gasteiger partial charge on any atom is -0.316 e. The normalized spacial score (nSPS) is 10.6. The van der Waals surface area contributed by atoms with E-state index >= 15 is 0 Å². The second-order valence-electron chi connectivity index (χ2n) is 3.58. The van der Waals surface area contributed by atoms with Crippen molar-refractivity contribution in [2.75, 3.05) is 19.6 Å². The molecule has 0 aliphatic rings. The molecule has 0 saturated carbocycles. The van der Waals surface area contributed by atoms with Crippen molar-refractivity contribution in [1.82, 2.24) is 10.6 Å². The Balaban J connectivity index is 2.34. The average Bonchev–Trinajstić information content (AvgIpc) is 2.24. The molecule has 0 saturated heterocycles. The van der Waals surface area contributed by atoms with Crippen molar-refractivity contribution >= 4 is 22.6 Å². The van der Waals surface area contributed by atoms with Gasteiger partial charge in [0.2, 0.25) is 0 Å². The SMILES string of the molecule is CCNCCNCc1cccc(C)c1I. The lowest BCUT2D eigenvalue weighted by molar-refractivity contribution is 0.624. The molecule has 3 heteroatoms. The first-order valence-corrected chi connectivity index (χ1v) is 6.49. The van der Waals surface area contributed by atoms with Gasteiger partial charge >= 0.3 is 0 Å². The Labute approximate surface area is 106 Å². The van der Waals surface area contributed by atoms with Crippen LogP contribution in [0, 0.1) is 10.5 Å². The van der Waals surface area contributed by atoms with Crippen LogP contribution < -0.4 is 10.6 Å². The summed E-state index contributed by atoms with van der Waals surface area (Å²) in [6.07, 6.45) is 0. The third kappa shape index (κ3) is 4.49. The maximum Gasteiger partial charge on any atom is 0.0216 e. The standard InChI is InChI=1S/C12H19IN2/c1-3-14-7-8-15-9-11-6-4-5-10(2)12(11)13/h4-6,14-15H,3,7-9H2,1-2H3. The van der Waals surface area contributed by atoms with Gasteiger partial charge in [-0.15, -0.1) is 0 Å². The summed E-state index contributed by atoms with van der Waals surface area (Å²) in [7, 11) is 0. The first kappa shape index (κ1) is 12.9. The van der Waals surface area contributed by atoms with Gasteiger partial charge in [-0.25, -0.2) is 0 Å². The predicted molar refractivity (Wildman–Crippen MR) is 74.1 cm³/mol. The average molecular weight is 318 g/mol. The maximum absolute atomic E-state index is 3.44. The predicted octanol–water partition coefficient (Wildman–Crippen LogP) is 2.30. The number of hydrogen-bond donors (Lipinski definition) is 2. The first-order chi connectivity index (χ1) is 7.25. The van der Waals surface area contributed by atoms with Crippen LogP contribution >= 0.6 is 22.6 Å². The topological polar surface area (TPSA) is 24.1 Å². The fourth-order valence-electron chi connectivity index (χ4n) is 1.42. The van der Waals surface area contributed by atoms with Gasteiger partial charge in [0.05, 0.1) is 0 Å². The minimum absolute atomic E-state index is 0.964. The summed E-state index contributed by atoms with van der Waals surface area (Å²) in [6.45, 7) is 8.36. The van der Waals surface area contributed by atoms with E-state index in [9.17, 15) is 0 Å². The number of aryl methyl sites for hydroxylation is 1. The fraction of sp³-hybridized carbons (Fsp3) is 0.500. The largest absolute Gasteiger partial charge is 0.316 e. The quantitative estimate of drug-likeness (QED) is 0.621. The Morgan fingerprint density at radius 1 is 1.20 bits per heavy atom. The highest BCUT2D eigenvalue weighted by atomic mass is 127. The molecule has 1 aromatic rings. The van der Waals surface area contributed by atoms with Gasteiger partial charge in [0.25, 0.3) is 0 Å². The van der Waals surface area contributed by atoms with Gasteiger partial charge in [-0.05, 0) is 47.2 Å². The van der Waals surface area contributed by atoms with Gasteiger partial charge < -0.3 is 10.6 Å². The van der Waals surface area contributed by atoms with Crippen molar-refractivity contribution in [2.24, 2.45) is 0 Å². The maximum atomic E-state index is 3.44. The van der Waals surface area contributed by atoms with Crippen molar-refractivity contribution < 1.29 is 0 Å². The molecule has 0 atom stereocenters. The number of nitrogens with one attached hydrogen (secondary N) is 2. The summed E-state index contributed by atoms with van der Waals surface area (Å²) in [5.74, 6) is 0. The molecule has 0 radical (unpaired) electrons. The molecule has 0 heterocycles. The summed E-state index contributed by atoms with van der Waals surface area (Å²) >= 11 is 2.42. The molecule has 0 aliphatic heterocycles. The molecule has 2 nitrogen and oxygen atoms in total. The third-order valence-corrected chi connectivity index (χ3v) is 3.86. The molecule has 0 unspecified atom stereocenters. The molecular formula is C12H19IN2. The Kier molecular flexibility index (Phi) is 6.20. The molecule has 1 aromatic carbocycles. The summed E-state index contributed by atoms with van der Waals surface area (Å²) in [5.41, 5.74) is 2.76. The van der Waals surface area contributed by atoms with E-state index in [1.165, 1.54) is 14.7 Å². The van der Waals surface area contributed by atoms with Crippen molar-refractivity contribution in [3.63, 3.8) is 0 Å². The van der Waals surface area contributed by atoms with E-state index < -0.39 is 0 Å². The van der Waals surface area contributed by atoms with Gasteiger partial charge in [0.15, 0.2) is 0 Å². The van der Waals surface area contributed by atoms with Crippen LogP contribution in [0.1, 0.15) is 18.1 Å². The molecule has 1 rings (SSSR count). The van der Waals surface area contributed by atoms with Crippen LogP contribution in [-0.2, 0) is 6.54 Å². The zero-order chi connectivity index (χ0) is 11.1. The molecule has 2 N–H and O–H groups in total. The second-order valence-corrected chi connectivity index (χ2v) is 4.66. The van der Waals surface area contributed by atoms with Crippen LogP contribution in [0.2, 0.25) is 0 Å². The zero-order valence-electron chi connectivity index (χ0n) is 9.44. The highest BCUT2D eigenvalue weighted by Gasteiger charge is 2.00. The Hall–Kier alpha value is -0.130. The lowest BCUT2D eigenvalue weighted by Crippen LogP contribution is -2.27. The number of likely N-dealkylation sites (N-methyl/N-ethyl adjacent to an activating group) is 1. The molecular weight excluding hydrogens is 299 g/mol. The van der Waals surface area contributed by atoms with Crippen LogP contribution in [0.5, 0.6) is 0 Å². The second kappa shape index (κ2) is 7.19. The van der Waals surface area contributed by atoms with Crippen LogP contribution in [0.4, 0.5) is 0 Å². The molecule has 0 spiro atoms. The molecule has 0 amide bonds. The molecule has 15 heavy (non-hydrogen) atoms. The fourth-order valence-corrected chi connectivity index (χ4v) is 1.97. The van der Waals surface area contributed by atoms with E-state index in [1.54, 1.807) is 0 Å². The summed E-state index contributed by atoms with van der Waals surface area (Å²) in [4.78, 5) is 0. The van der Waals surface area contributed by atoms with Gasteiger partial charge in [-0.2, -0.15) is 0 Å². The van der Waals surface area contributed by atoms with E-state index in [4.69, 9.17) is 0 Å². The molecule has 0 aromatic heterocycles. The van der Waals surface area contributed by atoms with Gasteiger partial charge in [-0.1, -0.05) is 25.1 Å². The van der Waals surface area contributed by atoms with Crippen LogP contribution in [-0.4, -0.2) is 19.6 Å². The molecule has 0 aliphatic carbocycles. The highest BCUT2D eigenvalue weighted by Crippen LogP contribution is 2.16. The van der Waals surface area contributed by atoms with Crippen LogP contribution in [0.15, 0.2) is 18.2 Å². The van der Waals surface area contributed by atoms with Crippen molar-refractivity contribution in [1.29, 1.82) is 0 Å². The number of rotatable bonds is 6.